The Balaban J connectivity index is 2.13. The zero-order valence-electron chi connectivity index (χ0n) is 17.0. The lowest BCUT2D eigenvalue weighted by Gasteiger charge is -2.35. The van der Waals surface area contributed by atoms with E-state index in [-0.39, 0.29) is 31.1 Å². The maximum Gasteiger partial charge on any atom is 0.309 e. The van der Waals surface area contributed by atoms with Crippen molar-refractivity contribution >= 4 is 21.8 Å². The lowest BCUT2D eigenvalue weighted by Crippen LogP contribution is -2.53. The molecule has 1 aromatic carbocycles. The average Bonchev–Trinajstić information content (AvgIpc) is 2.65. The van der Waals surface area contributed by atoms with Gasteiger partial charge in [-0.1, -0.05) is 17.7 Å². The first-order valence-electron chi connectivity index (χ1n) is 9.56. The molecule has 1 heterocycles. The van der Waals surface area contributed by atoms with Crippen molar-refractivity contribution in [1.29, 1.82) is 0 Å². The molecule has 162 valence electrons. The molecule has 1 fully saturated rings. The number of hydrogen-bond donors (Lipinski definition) is 3. The van der Waals surface area contributed by atoms with Gasteiger partial charge in [-0.2, -0.15) is 4.31 Å². The molecule has 0 unspecified atom stereocenters. The Kier molecular flexibility index (Phi) is 8.14. The van der Waals surface area contributed by atoms with Gasteiger partial charge in [-0.05, 0) is 44.7 Å². The van der Waals surface area contributed by atoms with Crippen LogP contribution in [0.15, 0.2) is 17.0 Å². The lowest BCUT2D eigenvalue weighted by atomic mass is 10.1. The summed E-state index contributed by atoms with van der Waals surface area (Å²) >= 11 is 0. The predicted molar refractivity (Wildman–Crippen MR) is 107 cm³/mol. The molecule has 1 aromatic rings. The van der Waals surface area contributed by atoms with E-state index in [1.165, 1.54) is 4.31 Å². The molecule has 0 saturated carbocycles. The van der Waals surface area contributed by atoms with E-state index in [9.17, 15) is 18.0 Å². The highest BCUT2D eigenvalue weighted by Crippen LogP contribution is 2.28. The number of carbonyl (C=O) groups excluding carboxylic acids is 2. The Morgan fingerprint density at radius 1 is 1.17 bits per heavy atom. The summed E-state index contributed by atoms with van der Waals surface area (Å²) in [5.74, 6) is -1.72. The first-order chi connectivity index (χ1) is 13.7. The van der Waals surface area contributed by atoms with Crippen LogP contribution in [0.5, 0.6) is 0 Å². The smallest absolute Gasteiger partial charge is 0.309 e. The number of ether oxygens (including phenoxy) is 1. The topological polar surface area (TPSA) is 125 Å². The van der Waals surface area contributed by atoms with Crippen molar-refractivity contribution in [1.82, 2.24) is 14.9 Å². The number of hydrogen-bond acceptors (Lipinski definition) is 6. The molecule has 0 radical (unpaired) electrons. The molecule has 0 aliphatic carbocycles. The Morgan fingerprint density at radius 2 is 1.79 bits per heavy atom. The van der Waals surface area contributed by atoms with Crippen LogP contribution >= 0.6 is 0 Å². The van der Waals surface area contributed by atoms with Crippen LogP contribution in [0.25, 0.3) is 0 Å². The van der Waals surface area contributed by atoms with E-state index < -0.39 is 28.1 Å². The fraction of sp³-hybridized carbons (Fsp3) is 0.579. The van der Waals surface area contributed by atoms with Crippen LogP contribution in [0.1, 0.15) is 29.5 Å². The van der Waals surface area contributed by atoms with Crippen molar-refractivity contribution in [3.63, 3.8) is 0 Å². The molecule has 0 bridgehead atoms. The molecule has 2 rings (SSSR count). The second-order valence-electron chi connectivity index (χ2n) is 7.07. The zero-order valence-corrected chi connectivity index (χ0v) is 17.8. The van der Waals surface area contributed by atoms with Gasteiger partial charge in [-0.25, -0.2) is 8.42 Å². The van der Waals surface area contributed by atoms with E-state index in [0.29, 0.717) is 30.6 Å². The molecule has 10 heteroatoms. The Hall–Kier alpha value is -2.01. The predicted octanol–water partition coefficient (Wildman–Crippen LogP) is -0.0362. The second-order valence-corrected chi connectivity index (χ2v) is 8.89. The van der Waals surface area contributed by atoms with Gasteiger partial charge < -0.3 is 20.5 Å². The number of aryl methyl sites for hydroxylation is 3. The second kappa shape index (κ2) is 10.1. The molecule has 0 spiro atoms. The average molecular weight is 428 g/mol. The van der Waals surface area contributed by atoms with Gasteiger partial charge >= 0.3 is 11.8 Å². The Labute approximate surface area is 171 Å². The Morgan fingerprint density at radius 3 is 2.41 bits per heavy atom. The summed E-state index contributed by atoms with van der Waals surface area (Å²) in [6.45, 7) is 5.98. The molecule has 1 aliphatic heterocycles. The fourth-order valence-corrected chi connectivity index (χ4v) is 5.40. The summed E-state index contributed by atoms with van der Waals surface area (Å²) in [7, 11) is -3.85. The highest BCUT2D eigenvalue weighted by molar-refractivity contribution is 7.89. The minimum Gasteiger partial charge on any atom is -0.396 e. The van der Waals surface area contributed by atoms with Gasteiger partial charge in [0.15, 0.2) is 0 Å². The van der Waals surface area contributed by atoms with Crippen LogP contribution in [0.2, 0.25) is 0 Å². The maximum absolute atomic E-state index is 13.3. The van der Waals surface area contributed by atoms with E-state index in [0.717, 1.165) is 5.56 Å². The number of carbonyl (C=O) groups is 2. The molecule has 1 aliphatic rings. The standard InChI is InChI=1S/C19H29N3O6S/c1-13-10-14(2)17(15(3)11-13)29(26,27)22-7-5-9-28-16(22)12-21-19(25)18(24)20-6-4-8-23/h10-11,16,23H,4-9,12H2,1-3H3,(H,20,24)(H,21,25)/t16-/m1/s1. The van der Waals surface area contributed by atoms with Gasteiger partial charge in [0.25, 0.3) is 0 Å². The van der Waals surface area contributed by atoms with Crippen LogP contribution in [0.3, 0.4) is 0 Å². The highest BCUT2D eigenvalue weighted by Gasteiger charge is 2.36. The molecule has 1 atom stereocenters. The summed E-state index contributed by atoms with van der Waals surface area (Å²) in [5, 5.41) is 13.5. The van der Waals surface area contributed by atoms with Crippen LogP contribution in [0.4, 0.5) is 0 Å². The molecule has 9 nitrogen and oxygen atoms in total. The van der Waals surface area contributed by atoms with Crippen molar-refractivity contribution in [2.24, 2.45) is 0 Å². The number of aliphatic hydroxyl groups excluding tert-OH is 1. The van der Waals surface area contributed by atoms with Gasteiger partial charge in [0.05, 0.1) is 18.0 Å². The minimum absolute atomic E-state index is 0.0948. The SMILES string of the molecule is Cc1cc(C)c(S(=O)(=O)N2CCCO[C@@H]2CNC(=O)C(=O)NCCCO)c(C)c1. The number of benzene rings is 1. The third-order valence-corrected chi connectivity index (χ3v) is 6.78. The number of rotatable bonds is 7. The third kappa shape index (κ3) is 5.75. The van der Waals surface area contributed by atoms with Gasteiger partial charge in [-0.3, -0.25) is 9.59 Å². The van der Waals surface area contributed by atoms with Gasteiger partial charge in [-0.15, -0.1) is 0 Å². The van der Waals surface area contributed by atoms with E-state index in [4.69, 9.17) is 9.84 Å². The molecule has 0 aromatic heterocycles. The number of aliphatic hydroxyl groups is 1. The van der Waals surface area contributed by atoms with Crippen molar-refractivity contribution in [2.75, 3.05) is 32.8 Å². The first kappa shape index (κ1) is 23.3. The molecule has 3 N–H and O–H groups in total. The third-order valence-electron chi connectivity index (χ3n) is 4.59. The van der Waals surface area contributed by atoms with E-state index in [2.05, 4.69) is 10.6 Å². The van der Waals surface area contributed by atoms with E-state index in [1.807, 2.05) is 19.1 Å². The maximum atomic E-state index is 13.3. The van der Waals surface area contributed by atoms with Gasteiger partial charge in [0.2, 0.25) is 10.0 Å². The minimum atomic E-state index is -3.85. The zero-order chi connectivity index (χ0) is 21.6. The van der Waals surface area contributed by atoms with E-state index >= 15 is 0 Å². The summed E-state index contributed by atoms with van der Waals surface area (Å²) in [4.78, 5) is 23.9. The summed E-state index contributed by atoms with van der Waals surface area (Å²) in [6, 6.07) is 3.64. The normalized spacial score (nSPS) is 17.7. The van der Waals surface area contributed by atoms with Crippen LogP contribution in [-0.2, 0) is 24.3 Å². The number of nitrogens with zero attached hydrogens (tertiary/aromatic N) is 1. The fourth-order valence-electron chi connectivity index (χ4n) is 3.42. The van der Waals surface area contributed by atoms with Gasteiger partial charge in [0.1, 0.15) is 6.23 Å². The van der Waals surface area contributed by atoms with Crippen molar-refractivity contribution in [2.45, 2.75) is 44.7 Å². The van der Waals surface area contributed by atoms with Gasteiger partial charge in [0, 0.05) is 19.7 Å². The van der Waals surface area contributed by atoms with E-state index in [1.54, 1.807) is 13.8 Å². The van der Waals surface area contributed by atoms with Crippen LogP contribution in [0, 0.1) is 20.8 Å². The number of sulfonamides is 1. The Bertz CT molecular complexity index is 832. The lowest BCUT2D eigenvalue weighted by molar-refractivity contribution is -0.140. The van der Waals surface area contributed by atoms with Crippen LogP contribution in [-0.4, -0.2) is 68.7 Å². The summed E-state index contributed by atoms with van der Waals surface area (Å²) < 4.78 is 33.5. The van der Waals surface area contributed by atoms with Crippen molar-refractivity contribution in [3.8, 4) is 0 Å². The van der Waals surface area contributed by atoms with Crippen molar-refractivity contribution < 1.29 is 27.9 Å². The molecule has 29 heavy (non-hydrogen) atoms. The number of nitrogens with one attached hydrogen (secondary N) is 2. The monoisotopic (exact) mass is 427 g/mol. The van der Waals surface area contributed by atoms with Crippen LogP contribution < -0.4 is 10.6 Å². The first-order valence-corrected chi connectivity index (χ1v) is 11.0. The number of amides is 2. The highest BCUT2D eigenvalue weighted by atomic mass is 32.2. The molecule has 2 amide bonds. The molecular weight excluding hydrogens is 398 g/mol. The largest absolute Gasteiger partial charge is 0.396 e. The summed E-state index contributed by atoms with van der Waals surface area (Å²) in [5.41, 5.74) is 2.28. The molecule has 1 saturated heterocycles. The summed E-state index contributed by atoms with van der Waals surface area (Å²) in [6.07, 6.45) is -0.0237. The van der Waals surface area contributed by atoms with Crippen molar-refractivity contribution in [3.05, 3.63) is 28.8 Å². The molecular formula is C19H29N3O6S. The quantitative estimate of drug-likeness (QED) is 0.414.